The van der Waals surface area contributed by atoms with E-state index in [0.717, 1.165) is 0 Å². The van der Waals surface area contributed by atoms with Gasteiger partial charge in [-0.25, -0.2) is 9.37 Å². The summed E-state index contributed by atoms with van der Waals surface area (Å²) >= 11 is 3.25. The molecule has 2 aromatic rings. The molecule has 3 nitrogen and oxygen atoms in total. The molecule has 1 N–H and O–H groups in total. The van der Waals surface area contributed by atoms with E-state index in [1.54, 1.807) is 31.2 Å². The van der Waals surface area contributed by atoms with Crippen LogP contribution in [0.2, 0.25) is 0 Å². The first-order valence-electron chi connectivity index (χ1n) is 5.26. The highest BCUT2D eigenvalue weighted by Gasteiger charge is 2.13. The Morgan fingerprint density at radius 2 is 2.11 bits per heavy atom. The van der Waals surface area contributed by atoms with Crippen LogP contribution in [0.4, 0.5) is 10.1 Å². The van der Waals surface area contributed by atoms with Crippen LogP contribution in [0.25, 0.3) is 0 Å². The predicted octanol–water partition coefficient (Wildman–Crippen LogP) is 3.54. The van der Waals surface area contributed by atoms with Crippen molar-refractivity contribution in [2.45, 2.75) is 6.92 Å². The molecule has 0 spiro atoms. The second kappa shape index (κ2) is 5.27. The van der Waals surface area contributed by atoms with E-state index < -0.39 is 0 Å². The molecule has 92 valence electrons. The van der Waals surface area contributed by atoms with E-state index in [1.807, 2.05) is 0 Å². The number of rotatable bonds is 2. The summed E-state index contributed by atoms with van der Waals surface area (Å²) in [6, 6.07) is 7.98. The van der Waals surface area contributed by atoms with Gasteiger partial charge in [0.15, 0.2) is 0 Å². The fraction of sp³-hybridized carbons (Fsp3) is 0.0769. The van der Waals surface area contributed by atoms with Gasteiger partial charge in [-0.3, -0.25) is 4.79 Å². The number of halogens is 2. The number of anilines is 1. The lowest BCUT2D eigenvalue weighted by molar-refractivity contribution is 0.102. The number of carbonyl (C=O) groups is 1. The minimum absolute atomic E-state index is 0.265. The summed E-state index contributed by atoms with van der Waals surface area (Å²) in [6.07, 6.45) is 1.53. The third kappa shape index (κ3) is 2.56. The number of hydrogen-bond donors (Lipinski definition) is 1. The van der Waals surface area contributed by atoms with E-state index >= 15 is 0 Å². The smallest absolute Gasteiger partial charge is 0.275 e. The molecule has 0 saturated heterocycles. The Labute approximate surface area is 112 Å². The molecule has 0 saturated carbocycles. The van der Waals surface area contributed by atoms with Gasteiger partial charge in [0.25, 0.3) is 5.91 Å². The fourth-order valence-electron chi connectivity index (χ4n) is 1.48. The number of nitrogens with one attached hydrogen (secondary N) is 1. The Bertz CT molecular complexity index is 601. The molecule has 0 aliphatic rings. The van der Waals surface area contributed by atoms with Crippen LogP contribution in [0.15, 0.2) is 41.0 Å². The highest BCUT2D eigenvalue weighted by molar-refractivity contribution is 9.10. The molecule has 0 fully saturated rings. The van der Waals surface area contributed by atoms with Gasteiger partial charge in [-0.1, -0.05) is 6.07 Å². The molecule has 1 heterocycles. The van der Waals surface area contributed by atoms with Crippen molar-refractivity contribution >= 4 is 27.5 Å². The van der Waals surface area contributed by atoms with E-state index in [-0.39, 0.29) is 17.4 Å². The summed E-state index contributed by atoms with van der Waals surface area (Å²) in [6.45, 7) is 1.61. The van der Waals surface area contributed by atoms with Crippen LogP contribution < -0.4 is 5.32 Å². The third-order valence-electron chi connectivity index (χ3n) is 2.49. The molecule has 1 amide bonds. The van der Waals surface area contributed by atoms with Gasteiger partial charge in [0, 0.05) is 21.9 Å². The molecule has 18 heavy (non-hydrogen) atoms. The minimum Gasteiger partial charge on any atom is -0.320 e. The summed E-state index contributed by atoms with van der Waals surface area (Å²) in [5.74, 6) is -0.732. The normalized spacial score (nSPS) is 10.2. The zero-order valence-corrected chi connectivity index (χ0v) is 11.2. The number of pyridine rings is 1. The number of amides is 1. The van der Waals surface area contributed by atoms with Crippen LogP contribution in [0.5, 0.6) is 0 Å². The van der Waals surface area contributed by atoms with Crippen LogP contribution in [0.3, 0.4) is 0 Å². The van der Waals surface area contributed by atoms with Crippen molar-refractivity contribution in [3.05, 3.63) is 58.1 Å². The average molecular weight is 309 g/mol. The molecule has 0 bridgehead atoms. The molecule has 0 radical (unpaired) electrons. The number of benzene rings is 1. The lowest BCUT2D eigenvalue weighted by Crippen LogP contribution is -2.15. The standard InChI is InChI=1S/C13H10BrFN2O/c1-8-10(15)5-2-6-11(8)17-13(18)12-9(14)4-3-7-16-12/h2-7H,1H3,(H,17,18). The lowest BCUT2D eigenvalue weighted by Gasteiger charge is -2.09. The second-order valence-electron chi connectivity index (χ2n) is 3.70. The van der Waals surface area contributed by atoms with Crippen molar-refractivity contribution in [2.24, 2.45) is 0 Å². The van der Waals surface area contributed by atoms with Gasteiger partial charge in [0.05, 0.1) is 0 Å². The van der Waals surface area contributed by atoms with Gasteiger partial charge in [-0.05, 0) is 47.1 Å². The number of hydrogen-bond acceptors (Lipinski definition) is 2. The fourth-order valence-corrected chi connectivity index (χ4v) is 1.91. The summed E-state index contributed by atoms with van der Waals surface area (Å²) in [5, 5.41) is 2.64. The molecule has 2 rings (SSSR count). The lowest BCUT2D eigenvalue weighted by atomic mass is 10.2. The quantitative estimate of drug-likeness (QED) is 0.922. The molecule has 1 aromatic carbocycles. The molecule has 1 aromatic heterocycles. The zero-order valence-electron chi connectivity index (χ0n) is 9.58. The molecule has 0 aliphatic carbocycles. The maximum absolute atomic E-state index is 13.3. The van der Waals surface area contributed by atoms with E-state index in [0.29, 0.717) is 15.7 Å². The van der Waals surface area contributed by atoms with Gasteiger partial charge in [0.1, 0.15) is 11.5 Å². The molecule has 0 atom stereocenters. The first-order chi connectivity index (χ1) is 8.59. The Balaban J connectivity index is 2.27. The van der Waals surface area contributed by atoms with Gasteiger partial charge >= 0.3 is 0 Å². The van der Waals surface area contributed by atoms with Gasteiger partial charge < -0.3 is 5.32 Å². The van der Waals surface area contributed by atoms with E-state index in [4.69, 9.17) is 0 Å². The Kier molecular flexibility index (Phi) is 3.72. The van der Waals surface area contributed by atoms with E-state index in [1.165, 1.54) is 12.3 Å². The van der Waals surface area contributed by atoms with Crippen molar-refractivity contribution in [1.29, 1.82) is 0 Å². The van der Waals surface area contributed by atoms with Crippen LogP contribution in [-0.2, 0) is 0 Å². The molecule has 5 heteroatoms. The first-order valence-corrected chi connectivity index (χ1v) is 6.06. The number of nitrogens with zero attached hydrogens (tertiary/aromatic N) is 1. The largest absolute Gasteiger partial charge is 0.320 e. The van der Waals surface area contributed by atoms with Gasteiger partial charge in [-0.2, -0.15) is 0 Å². The van der Waals surface area contributed by atoms with Crippen molar-refractivity contribution in [1.82, 2.24) is 4.98 Å². The van der Waals surface area contributed by atoms with Crippen LogP contribution in [0.1, 0.15) is 16.1 Å². The highest BCUT2D eigenvalue weighted by Crippen LogP contribution is 2.20. The Morgan fingerprint density at radius 1 is 1.33 bits per heavy atom. The zero-order chi connectivity index (χ0) is 13.1. The topological polar surface area (TPSA) is 42.0 Å². The van der Waals surface area contributed by atoms with Crippen LogP contribution >= 0.6 is 15.9 Å². The summed E-state index contributed by atoms with van der Waals surface area (Å²) in [7, 11) is 0. The van der Waals surface area contributed by atoms with Crippen molar-refractivity contribution in [3.63, 3.8) is 0 Å². The molecular formula is C13H10BrFN2O. The summed E-state index contributed by atoms with van der Waals surface area (Å²) in [4.78, 5) is 15.9. The molecule has 0 unspecified atom stereocenters. The second-order valence-corrected chi connectivity index (χ2v) is 4.55. The van der Waals surface area contributed by atoms with Crippen molar-refractivity contribution in [2.75, 3.05) is 5.32 Å². The van der Waals surface area contributed by atoms with Crippen molar-refractivity contribution in [3.8, 4) is 0 Å². The number of carbonyl (C=O) groups excluding carboxylic acids is 1. The van der Waals surface area contributed by atoms with Gasteiger partial charge in [-0.15, -0.1) is 0 Å². The summed E-state index contributed by atoms with van der Waals surface area (Å²) in [5.41, 5.74) is 1.11. The maximum atomic E-state index is 13.3. The SMILES string of the molecule is Cc1c(F)cccc1NC(=O)c1ncccc1Br. The highest BCUT2D eigenvalue weighted by atomic mass is 79.9. The van der Waals surface area contributed by atoms with Crippen LogP contribution in [0, 0.1) is 12.7 Å². The summed E-state index contributed by atoms with van der Waals surface area (Å²) < 4.78 is 13.9. The maximum Gasteiger partial charge on any atom is 0.275 e. The van der Waals surface area contributed by atoms with Crippen LogP contribution in [-0.4, -0.2) is 10.9 Å². The number of aromatic nitrogens is 1. The van der Waals surface area contributed by atoms with Gasteiger partial charge in [0.2, 0.25) is 0 Å². The third-order valence-corrected chi connectivity index (χ3v) is 3.13. The minimum atomic E-state index is -0.379. The average Bonchev–Trinajstić information content (AvgIpc) is 2.35. The van der Waals surface area contributed by atoms with E-state index in [9.17, 15) is 9.18 Å². The van der Waals surface area contributed by atoms with Crippen molar-refractivity contribution < 1.29 is 9.18 Å². The molecular weight excluding hydrogens is 299 g/mol. The monoisotopic (exact) mass is 308 g/mol. The predicted molar refractivity (Wildman–Crippen MR) is 71.0 cm³/mol. The Hall–Kier alpha value is -1.75. The molecule has 0 aliphatic heterocycles. The Morgan fingerprint density at radius 3 is 2.83 bits per heavy atom. The first kappa shape index (κ1) is 12.7. The van der Waals surface area contributed by atoms with E-state index in [2.05, 4.69) is 26.2 Å².